The molecule has 2 atom stereocenters. The van der Waals surface area contributed by atoms with Gasteiger partial charge in [0.2, 0.25) is 0 Å². The van der Waals surface area contributed by atoms with Gasteiger partial charge in [0.25, 0.3) is 0 Å². The molecule has 0 aliphatic heterocycles. The molecule has 0 radical (unpaired) electrons. The number of benzene rings is 1. The van der Waals surface area contributed by atoms with Crippen molar-refractivity contribution in [2.75, 3.05) is 0 Å². The molecule has 2 fully saturated rings. The summed E-state index contributed by atoms with van der Waals surface area (Å²) in [5.41, 5.74) is 4.35. The summed E-state index contributed by atoms with van der Waals surface area (Å²) >= 11 is 0. The maximum atomic E-state index is 12.6. The van der Waals surface area contributed by atoms with Crippen molar-refractivity contribution in [1.82, 2.24) is 0 Å². The highest BCUT2D eigenvalue weighted by Crippen LogP contribution is 2.46. The standard InChI is InChI=1S/C17H20O2/c1-9-7-10(2)14(11(3)8-9)15-16(18)12-5-4-6-13(12)17(15)19/h7-8,12-13,15H,4-6H2,1-3H3. The minimum atomic E-state index is -0.476. The number of Topliss-reactive ketones (excluding diaryl/α,β-unsaturated/α-hetero) is 2. The first kappa shape index (κ1) is 12.6. The van der Waals surface area contributed by atoms with Gasteiger partial charge in [-0.15, -0.1) is 0 Å². The average Bonchev–Trinajstić information content (AvgIpc) is 2.87. The van der Waals surface area contributed by atoms with Gasteiger partial charge in [0, 0.05) is 11.8 Å². The van der Waals surface area contributed by atoms with Crippen molar-refractivity contribution in [2.24, 2.45) is 11.8 Å². The molecule has 0 amide bonds. The summed E-state index contributed by atoms with van der Waals surface area (Å²) in [6, 6.07) is 4.16. The second-order valence-corrected chi connectivity index (χ2v) is 6.19. The van der Waals surface area contributed by atoms with Crippen LogP contribution < -0.4 is 0 Å². The fourth-order valence-corrected chi connectivity index (χ4v) is 4.14. The molecule has 3 rings (SSSR count). The highest BCUT2D eigenvalue weighted by Gasteiger charge is 2.52. The first-order valence-electron chi connectivity index (χ1n) is 7.16. The molecule has 1 aromatic rings. The second kappa shape index (κ2) is 4.29. The number of rotatable bonds is 1. The summed E-state index contributed by atoms with van der Waals surface area (Å²) in [6.07, 6.45) is 2.86. The topological polar surface area (TPSA) is 34.1 Å². The first-order valence-corrected chi connectivity index (χ1v) is 7.16. The Balaban J connectivity index is 2.08. The lowest BCUT2D eigenvalue weighted by molar-refractivity contribution is -0.125. The predicted molar refractivity (Wildman–Crippen MR) is 74.2 cm³/mol. The summed E-state index contributed by atoms with van der Waals surface area (Å²) < 4.78 is 0. The van der Waals surface area contributed by atoms with Crippen LogP contribution in [0.15, 0.2) is 12.1 Å². The van der Waals surface area contributed by atoms with Crippen molar-refractivity contribution < 1.29 is 9.59 Å². The van der Waals surface area contributed by atoms with E-state index >= 15 is 0 Å². The molecule has 2 saturated carbocycles. The van der Waals surface area contributed by atoms with Crippen molar-refractivity contribution in [3.63, 3.8) is 0 Å². The molecule has 0 saturated heterocycles. The zero-order chi connectivity index (χ0) is 13.7. The lowest BCUT2D eigenvalue weighted by Crippen LogP contribution is -2.18. The Kier molecular flexibility index (Phi) is 2.84. The lowest BCUT2D eigenvalue weighted by Gasteiger charge is -2.16. The fraction of sp³-hybridized carbons (Fsp3) is 0.529. The second-order valence-electron chi connectivity index (χ2n) is 6.19. The third-order valence-electron chi connectivity index (χ3n) is 4.84. The molecule has 2 unspecified atom stereocenters. The van der Waals surface area contributed by atoms with E-state index in [1.165, 1.54) is 5.56 Å². The van der Waals surface area contributed by atoms with Crippen LogP contribution in [0.4, 0.5) is 0 Å². The Labute approximate surface area is 114 Å². The van der Waals surface area contributed by atoms with E-state index in [4.69, 9.17) is 0 Å². The summed E-state index contributed by atoms with van der Waals surface area (Å²) in [6.45, 7) is 6.09. The largest absolute Gasteiger partial charge is 0.298 e. The van der Waals surface area contributed by atoms with E-state index < -0.39 is 5.92 Å². The minimum absolute atomic E-state index is 0.0117. The zero-order valence-corrected chi connectivity index (χ0v) is 11.8. The summed E-state index contributed by atoms with van der Waals surface area (Å²) in [5.74, 6) is -0.0868. The molecule has 0 N–H and O–H groups in total. The van der Waals surface area contributed by atoms with Crippen LogP contribution in [0.1, 0.15) is 47.4 Å². The maximum absolute atomic E-state index is 12.6. The van der Waals surface area contributed by atoms with Crippen LogP contribution in [-0.4, -0.2) is 11.6 Å². The third kappa shape index (κ3) is 1.77. The van der Waals surface area contributed by atoms with Crippen LogP contribution in [-0.2, 0) is 9.59 Å². The maximum Gasteiger partial charge on any atom is 0.151 e. The Bertz CT molecular complexity index is 526. The van der Waals surface area contributed by atoms with Crippen molar-refractivity contribution >= 4 is 11.6 Å². The van der Waals surface area contributed by atoms with E-state index in [1.54, 1.807) is 0 Å². The molecule has 0 aromatic heterocycles. The SMILES string of the molecule is Cc1cc(C)c(C2C(=O)C3CCCC3C2=O)c(C)c1. The van der Waals surface area contributed by atoms with E-state index in [-0.39, 0.29) is 23.4 Å². The minimum Gasteiger partial charge on any atom is -0.298 e. The quantitative estimate of drug-likeness (QED) is 0.723. The van der Waals surface area contributed by atoms with Gasteiger partial charge in [-0.25, -0.2) is 0 Å². The molecule has 0 bridgehead atoms. The third-order valence-corrected chi connectivity index (χ3v) is 4.84. The van der Waals surface area contributed by atoms with Gasteiger partial charge in [-0.2, -0.15) is 0 Å². The van der Waals surface area contributed by atoms with Crippen LogP contribution in [0.2, 0.25) is 0 Å². The van der Waals surface area contributed by atoms with Gasteiger partial charge in [-0.1, -0.05) is 24.1 Å². The van der Waals surface area contributed by atoms with Gasteiger partial charge in [0.15, 0.2) is 11.6 Å². The number of ketones is 2. The molecule has 100 valence electrons. The Hall–Kier alpha value is -1.44. The van der Waals surface area contributed by atoms with E-state index in [0.717, 1.165) is 36.0 Å². The van der Waals surface area contributed by atoms with Crippen LogP contribution in [0.25, 0.3) is 0 Å². The molecule has 1 aromatic carbocycles. The smallest absolute Gasteiger partial charge is 0.151 e. The van der Waals surface area contributed by atoms with E-state index in [0.29, 0.717) is 0 Å². The van der Waals surface area contributed by atoms with Gasteiger partial charge in [0.1, 0.15) is 5.92 Å². The number of carbonyl (C=O) groups is 2. The molecule has 0 heterocycles. The Morgan fingerprint density at radius 1 is 0.895 bits per heavy atom. The molecule has 2 aliphatic rings. The normalized spacial score (nSPS) is 29.9. The van der Waals surface area contributed by atoms with Crippen LogP contribution in [0.5, 0.6) is 0 Å². The first-order chi connectivity index (χ1) is 9.00. The number of fused-ring (bicyclic) bond motifs is 1. The monoisotopic (exact) mass is 256 g/mol. The van der Waals surface area contributed by atoms with Gasteiger partial charge >= 0.3 is 0 Å². The highest BCUT2D eigenvalue weighted by molar-refractivity contribution is 6.16. The Morgan fingerprint density at radius 3 is 1.84 bits per heavy atom. The molecule has 2 nitrogen and oxygen atoms in total. The lowest BCUT2D eigenvalue weighted by atomic mass is 9.85. The summed E-state index contributed by atoms with van der Waals surface area (Å²) in [5, 5.41) is 0. The fourth-order valence-electron chi connectivity index (χ4n) is 4.14. The summed E-state index contributed by atoms with van der Waals surface area (Å²) in [7, 11) is 0. The van der Waals surface area contributed by atoms with Crippen LogP contribution >= 0.6 is 0 Å². The van der Waals surface area contributed by atoms with Gasteiger partial charge in [-0.05, 0) is 50.3 Å². The number of hydrogen-bond acceptors (Lipinski definition) is 2. The van der Waals surface area contributed by atoms with Crippen molar-refractivity contribution in [2.45, 2.75) is 46.0 Å². The van der Waals surface area contributed by atoms with Crippen LogP contribution in [0, 0.1) is 32.6 Å². The molecular weight excluding hydrogens is 236 g/mol. The summed E-state index contributed by atoms with van der Waals surface area (Å²) in [4.78, 5) is 25.1. The highest BCUT2D eigenvalue weighted by atomic mass is 16.2. The number of carbonyl (C=O) groups excluding carboxylic acids is 2. The zero-order valence-electron chi connectivity index (χ0n) is 11.8. The molecular formula is C17H20O2. The molecule has 19 heavy (non-hydrogen) atoms. The van der Waals surface area contributed by atoms with Gasteiger partial charge in [0.05, 0.1) is 0 Å². The number of aryl methyl sites for hydroxylation is 3. The van der Waals surface area contributed by atoms with Crippen LogP contribution in [0.3, 0.4) is 0 Å². The van der Waals surface area contributed by atoms with Gasteiger partial charge in [-0.3, -0.25) is 9.59 Å². The average molecular weight is 256 g/mol. The van der Waals surface area contributed by atoms with Crippen molar-refractivity contribution in [3.8, 4) is 0 Å². The van der Waals surface area contributed by atoms with E-state index in [1.807, 2.05) is 13.8 Å². The predicted octanol–water partition coefficient (Wildman–Crippen LogP) is 3.26. The Morgan fingerprint density at radius 2 is 1.37 bits per heavy atom. The molecule has 2 heteroatoms. The van der Waals surface area contributed by atoms with Gasteiger partial charge < -0.3 is 0 Å². The van der Waals surface area contributed by atoms with Crippen molar-refractivity contribution in [3.05, 3.63) is 34.4 Å². The number of hydrogen-bond donors (Lipinski definition) is 0. The van der Waals surface area contributed by atoms with E-state index in [9.17, 15) is 9.59 Å². The van der Waals surface area contributed by atoms with Crippen molar-refractivity contribution in [1.29, 1.82) is 0 Å². The molecule has 0 spiro atoms. The molecule has 2 aliphatic carbocycles. The van der Waals surface area contributed by atoms with E-state index in [2.05, 4.69) is 19.1 Å².